The monoisotopic (exact) mass is 549 g/mol. The molecule has 2 aliphatic heterocycles. The van der Waals surface area contributed by atoms with Gasteiger partial charge in [0.15, 0.2) is 0 Å². The summed E-state index contributed by atoms with van der Waals surface area (Å²) in [6.45, 7) is 1.76. The van der Waals surface area contributed by atoms with E-state index in [2.05, 4.69) is 15.9 Å². The predicted octanol–water partition coefficient (Wildman–Crippen LogP) is 5.11. The lowest BCUT2D eigenvalue weighted by molar-refractivity contribution is -0.127. The highest BCUT2D eigenvalue weighted by Crippen LogP contribution is 2.58. The summed E-state index contributed by atoms with van der Waals surface area (Å²) in [5.41, 5.74) is -0.0983. The van der Waals surface area contributed by atoms with E-state index in [0.29, 0.717) is 21.8 Å². The van der Waals surface area contributed by atoms with Crippen LogP contribution in [0.15, 0.2) is 71.2 Å². The molecule has 3 atom stereocenters. The summed E-state index contributed by atoms with van der Waals surface area (Å²) in [6.07, 6.45) is -0.962. The summed E-state index contributed by atoms with van der Waals surface area (Å²) in [6, 6.07) is 18.4. The number of hydrogen-bond donors (Lipinski definition) is 0. The van der Waals surface area contributed by atoms with Crippen LogP contribution in [0.25, 0.3) is 0 Å². The number of imide groups is 1. The Hall–Kier alpha value is -3.13. The average molecular weight is 551 g/mol. The summed E-state index contributed by atoms with van der Waals surface area (Å²) in [7, 11) is 0. The number of ether oxygens (including phenoxy) is 1. The molecule has 1 aliphatic carbocycles. The molecule has 0 radical (unpaired) electrons. The van der Waals surface area contributed by atoms with Crippen molar-refractivity contribution in [3.63, 3.8) is 0 Å². The van der Waals surface area contributed by atoms with Gasteiger partial charge in [-0.3, -0.25) is 19.2 Å². The Kier molecular flexibility index (Phi) is 4.90. The number of fused-ring (bicyclic) bond motifs is 3. The maximum atomic E-state index is 14.0. The number of ketones is 2. The molecule has 35 heavy (non-hydrogen) atoms. The Morgan fingerprint density at radius 3 is 2.14 bits per heavy atom. The molecule has 0 aromatic heterocycles. The highest BCUT2D eigenvalue weighted by atomic mass is 79.9. The molecule has 3 aliphatic rings. The first-order valence-electron chi connectivity index (χ1n) is 11.0. The standard InChI is InChI=1S/C27H17BrClNO5/c1-13-6-11-16(29)12-19(13)30-25(33)20-21(26(30)34)27(35-22(20)14-7-9-15(28)10-8-14)23(31)17-4-2-3-5-18(17)24(27)32/h2-12,20-22H,1H3/t20-,21+,22+/m1/s1. The highest BCUT2D eigenvalue weighted by molar-refractivity contribution is 9.10. The van der Waals surface area contributed by atoms with Crippen molar-refractivity contribution in [2.24, 2.45) is 11.8 Å². The molecule has 174 valence electrons. The van der Waals surface area contributed by atoms with Crippen LogP contribution in [0, 0.1) is 18.8 Å². The molecule has 6 nitrogen and oxygen atoms in total. The van der Waals surface area contributed by atoms with Crippen LogP contribution >= 0.6 is 27.5 Å². The third-order valence-corrected chi connectivity index (χ3v) is 7.89. The summed E-state index contributed by atoms with van der Waals surface area (Å²) >= 11 is 9.59. The average Bonchev–Trinajstić information content (AvgIpc) is 3.41. The largest absolute Gasteiger partial charge is 0.349 e. The molecule has 1 spiro atoms. The van der Waals surface area contributed by atoms with Gasteiger partial charge in [0.05, 0.1) is 23.6 Å². The zero-order chi connectivity index (χ0) is 24.6. The van der Waals surface area contributed by atoms with Gasteiger partial charge in [-0.2, -0.15) is 0 Å². The molecule has 0 bridgehead atoms. The molecule has 0 saturated carbocycles. The third kappa shape index (κ3) is 2.92. The second-order valence-corrected chi connectivity index (χ2v) is 10.3. The summed E-state index contributed by atoms with van der Waals surface area (Å²) in [5.74, 6) is -4.68. The second kappa shape index (κ2) is 7.68. The number of hydrogen-bond acceptors (Lipinski definition) is 5. The van der Waals surface area contributed by atoms with Crippen LogP contribution in [-0.4, -0.2) is 29.0 Å². The smallest absolute Gasteiger partial charge is 0.241 e. The maximum absolute atomic E-state index is 14.0. The van der Waals surface area contributed by atoms with E-state index in [1.54, 1.807) is 73.7 Å². The van der Waals surface area contributed by atoms with Crippen molar-refractivity contribution in [2.45, 2.75) is 18.6 Å². The molecule has 6 rings (SSSR count). The normalized spacial score (nSPS) is 24.4. The molecule has 0 unspecified atom stereocenters. The summed E-state index contributed by atoms with van der Waals surface area (Å²) in [4.78, 5) is 56.4. The van der Waals surface area contributed by atoms with Crippen LogP contribution < -0.4 is 4.90 Å². The van der Waals surface area contributed by atoms with Gasteiger partial charge in [-0.15, -0.1) is 0 Å². The molecule has 3 aromatic rings. The first-order valence-corrected chi connectivity index (χ1v) is 12.2. The van der Waals surface area contributed by atoms with E-state index in [4.69, 9.17) is 16.3 Å². The zero-order valence-corrected chi connectivity index (χ0v) is 20.7. The highest BCUT2D eigenvalue weighted by Gasteiger charge is 2.74. The molecule has 0 N–H and O–H groups in total. The molecule has 2 saturated heterocycles. The third-order valence-electron chi connectivity index (χ3n) is 7.13. The van der Waals surface area contributed by atoms with Crippen molar-refractivity contribution in [3.8, 4) is 0 Å². The molecular formula is C27H17BrClNO5. The SMILES string of the molecule is Cc1ccc(Cl)cc1N1C(=O)[C@@H]2[C@@H](C1=O)C1(O[C@H]2c2ccc(Br)cc2)C(=O)c2ccccc2C1=O. The quantitative estimate of drug-likeness (QED) is 0.327. The minimum atomic E-state index is -2.10. The van der Waals surface area contributed by atoms with Crippen molar-refractivity contribution < 1.29 is 23.9 Å². The topological polar surface area (TPSA) is 80.8 Å². The van der Waals surface area contributed by atoms with Crippen LogP contribution in [0.5, 0.6) is 0 Å². The maximum Gasteiger partial charge on any atom is 0.241 e. The minimum Gasteiger partial charge on any atom is -0.349 e. The van der Waals surface area contributed by atoms with E-state index in [1.165, 1.54) is 0 Å². The number of nitrogens with zero attached hydrogens (tertiary/aromatic N) is 1. The number of rotatable bonds is 2. The van der Waals surface area contributed by atoms with Crippen LogP contribution in [-0.2, 0) is 14.3 Å². The first kappa shape index (κ1) is 22.3. The van der Waals surface area contributed by atoms with Crippen molar-refractivity contribution in [3.05, 3.63) is 98.5 Å². The summed E-state index contributed by atoms with van der Waals surface area (Å²) in [5, 5.41) is 0.360. The second-order valence-electron chi connectivity index (χ2n) is 8.98. The Balaban J connectivity index is 1.56. The van der Waals surface area contributed by atoms with Gasteiger partial charge < -0.3 is 4.74 Å². The van der Waals surface area contributed by atoms with E-state index in [0.717, 1.165) is 9.37 Å². The van der Waals surface area contributed by atoms with E-state index < -0.39 is 46.9 Å². The number of Topliss-reactive ketones (excluding diaryl/α,β-unsaturated/α-hetero) is 2. The number of anilines is 1. The molecule has 8 heteroatoms. The number of amides is 2. The van der Waals surface area contributed by atoms with Gasteiger partial charge in [-0.05, 0) is 42.3 Å². The van der Waals surface area contributed by atoms with E-state index in [1.807, 2.05) is 0 Å². The molecule has 2 amide bonds. The van der Waals surface area contributed by atoms with Gasteiger partial charge in [0.25, 0.3) is 0 Å². The zero-order valence-electron chi connectivity index (χ0n) is 18.3. The minimum absolute atomic E-state index is 0.199. The van der Waals surface area contributed by atoms with E-state index >= 15 is 0 Å². The van der Waals surface area contributed by atoms with Gasteiger partial charge in [0, 0.05) is 20.6 Å². The van der Waals surface area contributed by atoms with Crippen LogP contribution in [0.1, 0.15) is 37.9 Å². The fraction of sp³-hybridized carbons (Fsp3) is 0.185. The van der Waals surface area contributed by atoms with Crippen molar-refractivity contribution in [1.82, 2.24) is 0 Å². The van der Waals surface area contributed by atoms with Gasteiger partial charge in [-0.1, -0.05) is 70.0 Å². The van der Waals surface area contributed by atoms with E-state index in [9.17, 15) is 19.2 Å². The Bertz CT molecular complexity index is 1430. The molecule has 2 fully saturated rings. The summed E-state index contributed by atoms with van der Waals surface area (Å²) < 4.78 is 7.10. The number of aryl methyl sites for hydroxylation is 1. The number of carbonyl (C=O) groups is 4. The predicted molar refractivity (Wildman–Crippen MR) is 131 cm³/mol. The fourth-order valence-corrected chi connectivity index (χ4v) is 5.96. The van der Waals surface area contributed by atoms with Gasteiger partial charge in [0.2, 0.25) is 29.0 Å². The molecule has 2 heterocycles. The number of halogens is 2. The van der Waals surface area contributed by atoms with Gasteiger partial charge >= 0.3 is 0 Å². The van der Waals surface area contributed by atoms with Crippen molar-refractivity contribution in [1.29, 1.82) is 0 Å². The first-order chi connectivity index (χ1) is 16.8. The van der Waals surface area contributed by atoms with Crippen molar-refractivity contribution in [2.75, 3.05) is 4.90 Å². The molecular weight excluding hydrogens is 534 g/mol. The Morgan fingerprint density at radius 2 is 1.51 bits per heavy atom. The lowest BCUT2D eigenvalue weighted by Gasteiger charge is -2.27. The lowest BCUT2D eigenvalue weighted by atomic mass is 9.77. The van der Waals surface area contributed by atoms with Gasteiger partial charge in [-0.25, -0.2) is 4.90 Å². The Morgan fingerprint density at radius 1 is 0.886 bits per heavy atom. The van der Waals surface area contributed by atoms with Crippen LogP contribution in [0.4, 0.5) is 5.69 Å². The Labute approximate surface area is 214 Å². The fourth-order valence-electron chi connectivity index (χ4n) is 5.53. The van der Waals surface area contributed by atoms with Crippen molar-refractivity contribution >= 4 is 56.6 Å². The molecule has 3 aromatic carbocycles. The van der Waals surface area contributed by atoms with Crippen LogP contribution in [0.2, 0.25) is 5.02 Å². The number of carbonyl (C=O) groups excluding carboxylic acids is 4. The van der Waals surface area contributed by atoms with E-state index in [-0.39, 0.29) is 11.1 Å². The van der Waals surface area contributed by atoms with Crippen LogP contribution in [0.3, 0.4) is 0 Å². The van der Waals surface area contributed by atoms with Gasteiger partial charge in [0.1, 0.15) is 0 Å². The lowest BCUT2D eigenvalue weighted by Crippen LogP contribution is -2.51. The number of benzene rings is 3.